The van der Waals surface area contributed by atoms with E-state index in [-0.39, 0.29) is 51.3 Å². The lowest BCUT2D eigenvalue weighted by Gasteiger charge is -2.72. The van der Waals surface area contributed by atoms with Crippen molar-refractivity contribution in [1.29, 1.82) is 0 Å². The molecule has 1 aliphatic heterocycles. The molecule has 0 radical (unpaired) electrons. The minimum atomic E-state index is -0.920. The number of rotatable bonds is 6. The van der Waals surface area contributed by atoms with Gasteiger partial charge in [0.25, 0.3) is 0 Å². The second-order valence-corrected chi connectivity index (χ2v) is 20.1. The van der Waals surface area contributed by atoms with Crippen LogP contribution in [-0.2, 0) is 28.6 Å². The summed E-state index contributed by atoms with van der Waals surface area (Å²) in [5.74, 6) is -0.486. The fraction of sp³-hybridized carbons (Fsp3) is 0.884. The summed E-state index contributed by atoms with van der Waals surface area (Å²) in [5.41, 5.74) is 0.147. The minimum absolute atomic E-state index is 0.0256. The summed E-state index contributed by atoms with van der Waals surface area (Å²) >= 11 is 0. The van der Waals surface area contributed by atoms with Crippen LogP contribution in [0.1, 0.15) is 147 Å². The Hall–Kier alpha value is -1.77. The van der Waals surface area contributed by atoms with Gasteiger partial charge in [-0.1, -0.05) is 74.0 Å². The first-order valence-electron chi connectivity index (χ1n) is 20.2. The Morgan fingerprint density at radius 3 is 2.10 bits per heavy atom. The predicted molar refractivity (Wildman–Crippen MR) is 195 cm³/mol. The van der Waals surface area contributed by atoms with Crippen LogP contribution >= 0.6 is 0 Å². The number of ketones is 1. The van der Waals surface area contributed by atoms with E-state index in [1.807, 2.05) is 13.8 Å². The SMILES string of the molecule is CCC1O[C@H](CC(=O)[C@]23CCC(C)(C)CC2C2=CCC4[C@@]5(C)CC[C@H](O)C(C)(C)C5CC[C@@]4(C)[C@]2(C)C[C@H]3O)[C@H](C)C(OC(C)=O)[C@@H]1OC(C)=O. The van der Waals surface area contributed by atoms with Gasteiger partial charge in [0.2, 0.25) is 0 Å². The highest BCUT2D eigenvalue weighted by molar-refractivity contribution is 5.87. The third-order valence-corrected chi connectivity index (χ3v) is 16.7. The zero-order valence-electron chi connectivity index (χ0n) is 33.5. The third-order valence-electron chi connectivity index (χ3n) is 16.7. The van der Waals surface area contributed by atoms with Gasteiger partial charge in [0.1, 0.15) is 11.9 Å². The van der Waals surface area contributed by atoms with E-state index in [0.29, 0.717) is 31.1 Å². The molecule has 8 nitrogen and oxygen atoms in total. The standard InChI is InChI=1S/C43H68O8/c1-12-29-37(50-26(4)45)36(49-25(3)44)24(2)30(51-29)21-34(47)43-20-19-38(5,6)22-28(43)27-13-14-32-40(9)17-16-33(46)39(7,8)31(40)15-18-41(32,10)42(27,11)23-35(43)48/h13,24,28-33,35-37,46,48H,12,14-23H2,1-11H3/t24-,28?,29?,30+,31?,32?,33-,35+,36?,37+,40-,41+,42+,43-/m0/s1. The predicted octanol–water partition coefficient (Wildman–Crippen LogP) is 7.76. The van der Waals surface area contributed by atoms with E-state index < -0.39 is 53.8 Å². The number of allylic oxidation sites excluding steroid dienone is 2. The summed E-state index contributed by atoms with van der Waals surface area (Å²) < 4.78 is 18.0. The van der Waals surface area contributed by atoms with Gasteiger partial charge < -0.3 is 24.4 Å². The largest absolute Gasteiger partial charge is 0.458 e. The lowest BCUT2D eigenvalue weighted by Crippen LogP contribution is -2.67. The van der Waals surface area contributed by atoms with E-state index in [4.69, 9.17) is 14.2 Å². The van der Waals surface area contributed by atoms with Crippen LogP contribution in [0.2, 0.25) is 0 Å². The third kappa shape index (κ3) is 5.81. The highest BCUT2D eigenvalue weighted by atomic mass is 16.6. The number of hydrogen-bond donors (Lipinski definition) is 2. The number of aliphatic hydroxyl groups is 2. The van der Waals surface area contributed by atoms with Crippen molar-refractivity contribution in [2.45, 2.75) is 183 Å². The van der Waals surface area contributed by atoms with E-state index in [1.165, 1.54) is 19.4 Å². The van der Waals surface area contributed by atoms with Crippen molar-refractivity contribution in [2.24, 2.45) is 56.2 Å². The van der Waals surface area contributed by atoms with Crippen molar-refractivity contribution in [1.82, 2.24) is 0 Å². The average Bonchev–Trinajstić information content (AvgIpc) is 3.02. The Labute approximate surface area is 307 Å². The molecule has 6 aliphatic rings. The molecule has 0 aromatic carbocycles. The first-order valence-corrected chi connectivity index (χ1v) is 20.2. The van der Waals surface area contributed by atoms with Crippen LogP contribution in [0, 0.1) is 56.2 Å². The smallest absolute Gasteiger partial charge is 0.303 e. The van der Waals surface area contributed by atoms with Crippen LogP contribution in [0.5, 0.6) is 0 Å². The first-order chi connectivity index (χ1) is 23.6. The summed E-state index contributed by atoms with van der Waals surface area (Å²) in [4.78, 5) is 39.5. The molecule has 288 valence electrons. The molecule has 6 rings (SSSR count). The molecule has 8 heteroatoms. The van der Waals surface area contributed by atoms with Gasteiger partial charge in [-0.2, -0.15) is 0 Å². The van der Waals surface area contributed by atoms with Gasteiger partial charge in [-0.3, -0.25) is 14.4 Å². The van der Waals surface area contributed by atoms with Crippen molar-refractivity contribution < 1.29 is 38.8 Å². The number of carbonyl (C=O) groups is 3. The molecular formula is C43H68O8. The highest BCUT2D eigenvalue weighted by Crippen LogP contribution is 2.76. The van der Waals surface area contributed by atoms with Gasteiger partial charge in [-0.25, -0.2) is 0 Å². The molecule has 2 N–H and O–H groups in total. The first kappa shape index (κ1) is 38.9. The van der Waals surface area contributed by atoms with Crippen LogP contribution < -0.4 is 0 Å². The van der Waals surface area contributed by atoms with Crippen LogP contribution in [0.15, 0.2) is 11.6 Å². The van der Waals surface area contributed by atoms with E-state index in [0.717, 1.165) is 44.9 Å². The Morgan fingerprint density at radius 1 is 0.824 bits per heavy atom. The Morgan fingerprint density at radius 2 is 1.47 bits per heavy atom. The summed E-state index contributed by atoms with van der Waals surface area (Å²) in [5, 5.41) is 23.8. The van der Waals surface area contributed by atoms with E-state index in [9.17, 15) is 19.8 Å². The molecule has 1 saturated heterocycles. The molecule has 0 bridgehead atoms. The molecule has 14 atom stereocenters. The van der Waals surface area contributed by atoms with E-state index in [1.54, 1.807) is 0 Å². The van der Waals surface area contributed by atoms with Crippen LogP contribution in [-0.4, -0.2) is 64.6 Å². The zero-order chi connectivity index (χ0) is 37.7. The van der Waals surface area contributed by atoms with Crippen molar-refractivity contribution >= 4 is 17.7 Å². The normalized spacial score (nSPS) is 48.5. The van der Waals surface area contributed by atoms with Gasteiger partial charge in [0.05, 0.1) is 29.8 Å². The van der Waals surface area contributed by atoms with Crippen molar-refractivity contribution in [3.63, 3.8) is 0 Å². The van der Waals surface area contributed by atoms with E-state index in [2.05, 4.69) is 54.5 Å². The van der Waals surface area contributed by atoms with Gasteiger partial charge in [0.15, 0.2) is 6.10 Å². The maximum Gasteiger partial charge on any atom is 0.303 e. The summed E-state index contributed by atoms with van der Waals surface area (Å²) in [6, 6.07) is 0. The van der Waals surface area contributed by atoms with Gasteiger partial charge in [-0.15, -0.1) is 0 Å². The summed E-state index contributed by atoms with van der Waals surface area (Å²) in [6.07, 6.45) is 7.37. The fourth-order valence-corrected chi connectivity index (χ4v) is 13.6. The topological polar surface area (TPSA) is 119 Å². The second kappa shape index (κ2) is 12.9. The van der Waals surface area contributed by atoms with Crippen LogP contribution in [0.3, 0.4) is 0 Å². The molecule has 1 heterocycles. The zero-order valence-corrected chi connectivity index (χ0v) is 33.5. The molecule has 0 aromatic heterocycles. The van der Waals surface area contributed by atoms with Crippen LogP contribution in [0.4, 0.5) is 0 Å². The number of fused-ring (bicyclic) bond motifs is 7. The molecule has 51 heavy (non-hydrogen) atoms. The lowest BCUT2D eigenvalue weighted by atomic mass is 9.33. The molecule has 0 aromatic rings. The Bertz CT molecular complexity index is 1430. The number of esters is 2. The molecule has 5 unspecified atom stereocenters. The Kier molecular flexibility index (Phi) is 9.87. The van der Waals surface area contributed by atoms with E-state index >= 15 is 4.79 Å². The Balaban J connectivity index is 1.36. The molecule has 0 spiro atoms. The number of ether oxygens (including phenoxy) is 3. The number of aliphatic hydroxyl groups excluding tert-OH is 2. The van der Waals surface area contributed by atoms with Gasteiger partial charge in [-0.05, 0) is 109 Å². The highest BCUT2D eigenvalue weighted by Gasteiger charge is 2.71. The average molecular weight is 713 g/mol. The quantitative estimate of drug-likeness (QED) is 0.212. The maximum absolute atomic E-state index is 15.2. The minimum Gasteiger partial charge on any atom is -0.458 e. The summed E-state index contributed by atoms with van der Waals surface area (Å²) in [7, 11) is 0. The van der Waals surface area contributed by atoms with Crippen molar-refractivity contribution in [2.75, 3.05) is 0 Å². The number of Topliss-reactive ketones (excluding diaryl/α,β-unsaturated/α-hetero) is 1. The van der Waals surface area contributed by atoms with Crippen molar-refractivity contribution in [3.05, 3.63) is 11.6 Å². The lowest BCUT2D eigenvalue weighted by molar-refractivity contribution is -0.227. The molecule has 5 aliphatic carbocycles. The van der Waals surface area contributed by atoms with Crippen molar-refractivity contribution in [3.8, 4) is 0 Å². The number of carbonyl (C=O) groups excluding carboxylic acids is 3. The van der Waals surface area contributed by atoms with Gasteiger partial charge >= 0.3 is 11.9 Å². The number of hydrogen-bond acceptors (Lipinski definition) is 8. The molecule has 4 saturated carbocycles. The molecule has 0 amide bonds. The monoisotopic (exact) mass is 712 g/mol. The molecule has 5 fully saturated rings. The van der Waals surface area contributed by atoms with Gasteiger partial charge in [0, 0.05) is 26.2 Å². The fourth-order valence-electron chi connectivity index (χ4n) is 13.6. The maximum atomic E-state index is 15.2. The second-order valence-electron chi connectivity index (χ2n) is 20.1. The summed E-state index contributed by atoms with van der Waals surface area (Å²) in [6.45, 7) is 23.1. The molecular weight excluding hydrogens is 644 g/mol. The van der Waals surface area contributed by atoms with Crippen LogP contribution in [0.25, 0.3) is 0 Å².